The van der Waals surface area contributed by atoms with Crippen LogP contribution in [0.25, 0.3) is 15.9 Å². The normalized spacial score (nSPS) is 17.3. The third kappa shape index (κ3) is 2.90. The Hall–Kier alpha value is -1.62. The molecule has 1 heterocycles. The third-order valence-electron chi connectivity index (χ3n) is 4.47. The van der Waals surface area contributed by atoms with E-state index in [9.17, 15) is 8.78 Å². The fourth-order valence-corrected chi connectivity index (χ4v) is 4.51. The van der Waals surface area contributed by atoms with Gasteiger partial charge in [0.1, 0.15) is 5.76 Å². The van der Waals surface area contributed by atoms with E-state index in [2.05, 4.69) is 6.92 Å². The highest BCUT2D eigenvalue weighted by Crippen LogP contribution is 2.49. The first-order valence-corrected chi connectivity index (χ1v) is 9.20. The maximum absolute atomic E-state index is 14.9. The van der Waals surface area contributed by atoms with Crippen LogP contribution in [-0.2, 0) is 4.74 Å². The number of methoxy groups -OCH3 is 1. The van der Waals surface area contributed by atoms with E-state index in [0.29, 0.717) is 28.4 Å². The first-order chi connectivity index (χ1) is 11.6. The van der Waals surface area contributed by atoms with Crippen molar-refractivity contribution in [3.8, 4) is 5.75 Å². The van der Waals surface area contributed by atoms with Crippen molar-refractivity contribution in [3.05, 3.63) is 34.1 Å². The number of halogens is 2. The van der Waals surface area contributed by atoms with Crippen LogP contribution in [0.2, 0.25) is 0 Å². The van der Waals surface area contributed by atoms with E-state index in [1.54, 1.807) is 6.07 Å². The van der Waals surface area contributed by atoms with E-state index >= 15 is 0 Å². The van der Waals surface area contributed by atoms with Crippen molar-refractivity contribution in [1.82, 2.24) is 0 Å². The topological polar surface area (TPSA) is 18.5 Å². The summed E-state index contributed by atoms with van der Waals surface area (Å²) in [7, 11) is 1.43. The Kier molecular flexibility index (Phi) is 5.09. The molecule has 0 saturated heterocycles. The summed E-state index contributed by atoms with van der Waals surface area (Å²) in [5, 5.41) is 0.779. The SMILES string of the molecule is CCCCCOC1=C(F)c2sc3c(F)c(OC)ccc3c2C(C)C1. The molecule has 1 aromatic carbocycles. The van der Waals surface area contributed by atoms with Gasteiger partial charge in [0.15, 0.2) is 17.4 Å². The molecule has 0 aliphatic heterocycles. The summed E-state index contributed by atoms with van der Waals surface area (Å²) < 4.78 is 40.6. The average molecular weight is 352 g/mol. The third-order valence-corrected chi connectivity index (χ3v) is 5.68. The molecule has 2 aromatic rings. The Morgan fingerprint density at radius 3 is 2.75 bits per heavy atom. The predicted molar refractivity (Wildman–Crippen MR) is 94.9 cm³/mol. The first kappa shape index (κ1) is 17.2. The van der Waals surface area contributed by atoms with E-state index < -0.39 is 5.82 Å². The molecule has 0 saturated carbocycles. The van der Waals surface area contributed by atoms with Crippen LogP contribution in [0.5, 0.6) is 5.75 Å². The Labute approximate surface area is 145 Å². The lowest BCUT2D eigenvalue weighted by Crippen LogP contribution is -2.08. The summed E-state index contributed by atoms with van der Waals surface area (Å²) in [5.41, 5.74) is 0.884. The van der Waals surface area contributed by atoms with E-state index in [1.165, 1.54) is 7.11 Å². The zero-order valence-corrected chi connectivity index (χ0v) is 15.1. The molecule has 0 bridgehead atoms. The van der Waals surface area contributed by atoms with Gasteiger partial charge in [-0.05, 0) is 35.4 Å². The van der Waals surface area contributed by atoms with E-state index in [1.807, 2.05) is 13.0 Å². The largest absolute Gasteiger partial charge is 0.495 e. The van der Waals surface area contributed by atoms with Crippen molar-refractivity contribution in [2.45, 2.75) is 45.4 Å². The molecule has 24 heavy (non-hydrogen) atoms. The summed E-state index contributed by atoms with van der Waals surface area (Å²) in [5.74, 6) is -0.0552. The highest BCUT2D eigenvalue weighted by molar-refractivity contribution is 7.20. The van der Waals surface area contributed by atoms with Crippen LogP contribution in [-0.4, -0.2) is 13.7 Å². The molecular weight excluding hydrogens is 330 g/mol. The molecule has 2 nitrogen and oxygen atoms in total. The molecule has 0 fully saturated rings. The van der Waals surface area contributed by atoms with Crippen molar-refractivity contribution < 1.29 is 18.3 Å². The Morgan fingerprint density at radius 2 is 2.04 bits per heavy atom. The standard InChI is InChI=1S/C19H22F2O2S/c1-4-5-6-9-23-14-10-11(2)15-12-7-8-13(22-3)16(20)18(12)24-19(15)17(14)21/h7-8,11H,4-6,9-10H2,1-3H3. The lowest BCUT2D eigenvalue weighted by molar-refractivity contribution is 0.189. The van der Waals surface area contributed by atoms with Gasteiger partial charge in [0.05, 0.1) is 23.3 Å². The molecule has 3 rings (SSSR count). The van der Waals surface area contributed by atoms with Gasteiger partial charge in [-0.1, -0.05) is 26.7 Å². The van der Waals surface area contributed by atoms with E-state index in [-0.39, 0.29) is 17.5 Å². The maximum atomic E-state index is 14.9. The van der Waals surface area contributed by atoms with Gasteiger partial charge in [-0.25, -0.2) is 8.78 Å². The summed E-state index contributed by atoms with van der Waals surface area (Å²) in [6.07, 6.45) is 3.61. The van der Waals surface area contributed by atoms with Crippen LogP contribution in [0.3, 0.4) is 0 Å². The molecule has 1 aromatic heterocycles. The zero-order chi connectivity index (χ0) is 17.3. The lowest BCUT2D eigenvalue weighted by Gasteiger charge is -2.22. The van der Waals surface area contributed by atoms with Gasteiger partial charge in [-0.2, -0.15) is 0 Å². The zero-order valence-electron chi connectivity index (χ0n) is 14.2. The van der Waals surface area contributed by atoms with Gasteiger partial charge < -0.3 is 9.47 Å². The van der Waals surface area contributed by atoms with Crippen molar-refractivity contribution in [2.24, 2.45) is 0 Å². The second-order valence-corrected chi connectivity index (χ2v) is 7.22. The van der Waals surface area contributed by atoms with Crippen LogP contribution in [0.15, 0.2) is 17.9 Å². The van der Waals surface area contributed by atoms with Crippen LogP contribution in [0, 0.1) is 5.82 Å². The van der Waals surface area contributed by atoms with Crippen molar-refractivity contribution in [1.29, 1.82) is 0 Å². The Balaban J connectivity index is 2.01. The number of hydrogen-bond acceptors (Lipinski definition) is 3. The molecule has 1 aliphatic carbocycles. The first-order valence-electron chi connectivity index (χ1n) is 8.39. The fraction of sp³-hybridized carbons (Fsp3) is 0.474. The van der Waals surface area contributed by atoms with Crippen molar-refractivity contribution in [2.75, 3.05) is 13.7 Å². The van der Waals surface area contributed by atoms with Crippen LogP contribution >= 0.6 is 11.3 Å². The molecule has 1 unspecified atom stereocenters. The molecule has 0 amide bonds. The van der Waals surface area contributed by atoms with E-state index in [4.69, 9.17) is 9.47 Å². The van der Waals surface area contributed by atoms with Gasteiger partial charge in [0.2, 0.25) is 0 Å². The maximum Gasteiger partial charge on any atom is 0.182 e. The van der Waals surface area contributed by atoms with Gasteiger partial charge in [0, 0.05) is 6.42 Å². The van der Waals surface area contributed by atoms with Crippen LogP contribution in [0.1, 0.15) is 55.9 Å². The van der Waals surface area contributed by atoms with Crippen LogP contribution < -0.4 is 4.74 Å². The summed E-state index contributed by atoms with van der Waals surface area (Å²) in [4.78, 5) is 0.501. The van der Waals surface area contributed by atoms with Gasteiger partial charge in [-0.15, -0.1) is 11.3 Å². The highest BCUT2D eigenvalue weighted by Gasteiger charge is 2.31. The lowest BCUT2D eigenvalue weighted by atomic mass is 9.89. The fourth-order valence-electron chi connectivity index (χ4n) is 3.21. The predicted octanol–water partition coefficient (Wildman–Crippen LogP) is 6.40. The minimum atomic E-state index is -0.417. The second kappa shape index (κ2) is 7.09. The van der Waals surface area contributed by atoms with Crippen LogP contribution in [0.4, 0.5) is 8.78 Å². The number of thiophene rings is 1. The average Bonchev–Trinajstić information content (AvgIpc) is 2.97. The number of ether oxygens (including phenoxy) is 2. The molecule has 0 spiro atoms. The molecule has 1 aliphatic rings. The monoisotopic (exact) mass is 352 g/mol. The number of fused-ring (bicyclic) bond motifs is 3. The molecule has 1 atom stereocenters. The highest BCUT2D eigenvalue weighted by atomic mass is 32.1. The molecule has 0 N–H and O–H groups in total. The number of hydrogen-bond donors (Lipinski definition) is 0. The number of benzene rings is 1. The Bertz CT molecular complexity index is 779. The number of rotatable bonds is 6. The minimum absolute atomic E-state index is 0.0993. The molecular formula is C19H22F2O2S. The van der Waals surface area contributed by atoms with Crippen molar-refractivity contribution >= 4 is 27.2 Å². The Morgan fingerprint density at radius 1 is 1.25 bits per heavy atom. The number of unbranched alkanes of at least 4 members (excludes halogenated alkanes) is 2. The minimum Gasteiger partial charge on any atom is -0.495 e. The second-order valence-electron chi connectivity index (χ2n) is 6.20. The summed E-state index contributed by atoms with van der Waals surface area (Å²) in [6.45, 7) is 4.69. The summed E-state index contributed by atoms with van der Waals surface area (Å²) in [6, 6.07) is 3.43. The number of allylic oxidation sites excluding steroid dienone is 1. The smallest absolute Gasteiger partial charge is 0.182 e. The van der Waals surface area contributed by atoms with E-state index in [0.717, 1.165) is 41.5 Å². The quantitative estimate of drug-likeness (QED) is 0.560. The molecule has 130 valence electrons. The molecule has 5 heteroatoms. The van der Waals surface area contributed by atoms with Crippen molar-refractivity contribution in [3.63, 3.8) is 0 Å². The van der Waals surface area contributed by atoms with Gasteiger partial charge in [-0.3, -0.25) is 0 Å². The van der Waals surface area contributed by atoms with Gasteiger partial charge >= 0.3 is 0 Å². The van der Waals surface area contributed by atoms with Gasteiger partial charge in [0.25, 0.3) is 0 Å². The molecule has 0 radical (unpaired) electrons. The summed E-state index contributed by atoms with van der Waals surface area (Å²) >= 11 is 1.15.